The van der Waals surface area contributed by atoms with Gasteiger partial charge in [-0.15, -0.1) is 0 Å². The molecular formula is C15H19ClFNO. The number of halogens is 2. The van der Waals surface area contributed by atoms with Crippen LogP contribution >= 0.6 is 11.6 Å². The third-order valence-corrected chi connectivity index (χ3v) is 4.58. The van der Waals surface area contributed by atoms with E-state index in [0.29, 0.717) is 17.1 Å². The molecule has 1 saturated heterocycles. The molecule has 1 N–H and O–H groups in total. The van der Waals surface area contributed by atoms with Gasteiger partial charge in [-0.05, 0) is 42.6 Å². The fraction of sp³-hybridized carbons (Fsp3) is 0.533. The second kappa shape index (κ2) is 5.59. The number of benzene rings is 1. The van der Waals surface area contributed by atoms with E-state index >= 15 is 0 Å². The van der Waals surface area contributed by atoms with Gasteiger partial charge in [0.25, 0.3) is 0 Å². The molecule has 1 heterocycles. The third kappa shape index (κ3) is 2.82. The summed E-state index contributed by atoms with van der Waals surface area (Å²) in [6.45, 7) is 5.70. The molecule has 1 unspecified atom stereocenters. The molecule has 1 aliphatic rings. The van der Waals surface area contributed by atoms with E-state index in [4.69, 9.17) is 11.6 Å². The Hall–Kier alpha value is -0.930. The van der Waals surface area contributed by atoms with Gasteiger partial charge in [0.2, 0.25) is 0 Å². The number of rotatable bonds is 4. The van der Waals surface area contributed by atoms with Crippen molar-refractivity contribution < 1.29 is 9.18 Å². The molecule has 0 bridgehead atoms. The van der Waals surface area contributed by atoms with Gasteiger partial charge >= 0.3 is 0 Å². The fourth-order valence-corrected chi connectivity index (χ4v) is 2.98. The van der Waals surface area contributed by atoms with Crippen molar-refractivity contribution in [1.82, 2.24) is 5.32 Å². The summed E-state index contributed by atoms with van der Waals surface area (Å²) in [7, 11) is 0. The van der Waals surface area contributed by atoms with E-state index in [0.717, 1.165) is 13.0 Å². The van der Waals surface area contributed by atoms with Crippen LogP contribution in [0.25, 0.3) is 0 Å². The van der Waals surface area contributed by atoms with Crippen LogP contribution in [0.5, 0.6) is 0 Å². The molecule has 1 aromatic rings. The maximum Gasteiger partial charge on any atom is 0.145 e. The highest BCUT2D eigenvalue weighted by atomic mass is 35.5. The predicted octanol–water partition coefficient (Wildman–Crippen LogP) is 3.23. The molecule has 1 aromatic carbocycles. The highest BCUT2D eigenvalue weighted by molar-refractivity contribution is 6.31. The Kier molecular flexibility index (Phi) is 4.26. The van der Waals surface area contributed by atoms with Gasteiger partial charge in [-0.3, -0.25) is 4.79 Å². The molecule has 2 nitrogen and oxygen atoms in total. The lowest BCUT2D eigenvalue weighted by molar-refractivity contribution is -0.129. The van der Waals surface area contributed by atoms with Gasteiger partial charge in [0, 0.05) is 23.4 Å². The normalized spacial score (nSPS) is 23.0. The number of ketones is 1. The zero-order chi connectivity index (χ0) is 14.0. The van der Waals surface area contributed by atoms with E-state index in [1.807, 2.05) is 0 Å². The van der Waals surface area contributed by atoms with Crippen LogP contribution in [0.15, 0.2) is 18.2 Å². The van der Waals surface area contributed by atoms with Crippen LogP contribution in [0.4, 0.5) is 4.39 Å². The van der Waals surface area contributed by atoms with Crippen LogP contribution in [0.3, 0.4) is 0 Å². The van der Waals surface area contributed by atoms with Crippen molar-refractivity contribution in [2.24, 2.45) is 11.3 Å². The molecule has 1 aliphatic heterocycles. The summed E-state index contributed by atoms with van der Waals surface area (Å²) in [6.07, 6.45) is 1.05. The van der Waals surface area contributed by atoms with Gasteiger partial charge in [-0.2, -0.15) is 0 Å². The molecule has 0 spiro atoms. The Bertz CT molecular complexity index is 481. The van der Waals surface area contributed by atoms with Crippen LogP contribution < -0.4 is 5.32 Å². The Morgan fingerprint density at radius 2 is 2.26 bits per heavy atom. The highest BCUT2D eigenvalue weighted by Crippen LogP contribution is 2.36. The van der Waals surface area contributed by atoms with Crippen molar-refractivity contribution in [3.05, 3.63) is 34.6 Å². The summed E-state index contributed by atoms with van der Waals surface area (Å²) in [5, 5.41) is 3.72. The maximum absolute atomic E-state index is 13.2. The van der Waals surface area contributed by atoms with E-state index in [9.17, 15) is 9.18 Å². The average Bonchev–Trinajstić information content (AvgIpc) is 2.84. The van der Waals surface area contributed by atoms with E-state index in [2.05, 4.69) is 19.2 Å². The number of carbonyl (C=O) groups excluding carboxylic acids is 1. The first kappa shape index (κ1) is 14.5. The second-order valence-electron chi connectivity index (χ2n) is 5.57. The van der Waals surface area contributed by atoms with Gasteiger partial charge in [0.1, 0.15) is 11.6 Å². The molecule has 104 valence electrons. The van der Waals surface area contributed by atoms with Crippen molar-refractivity contribution in [3.8, 4) is 0 Å². The SMILES string of the molecule is CC(C)C1(C(=O)Cc2cc(F)ccc2Cl)CCNC1. The Morgan fingerprint density at radius 3 is 2.84 bits per heavy atom. The second-order valence-corrected chi connectivity index (χ2v) is 5.98. The minimum Gasteiger partial charge on any atom is -0.316 e. The predicted molar refractivity (Wildman–Crippen MR) is 74.9 cm³/mol. The van der Waals surface area contributed by atoms with Crippen molar-refractivity contribution in [2.75, 3.05) is 13.1 Å². The third-order valence-electron chi connectivity index (χ3n) is 4.21. The Balaban J connectivity index is 2.22. The fourth-order valence-electron chi connectivity index (χ4n) is 2.79. The zero-order valence-corrected chi connectivity index (χ0v) is 12.1. The van der Waals surface area contributed by atoms with Crippen LogP contribution in [0, 0.1) is 17.2 Å². The van der Waals surface area contributed by atoms with Crippen LogP contribution in [0.1, 0.15) is 25.8 Å². The quantitative estimate of drug-likeness (QED) is 0.919. The van der Waals surface area contributed by atoms with Crippen molar-refractivity contribution >= 4 is 17.4 Å². The van der Waals surface area contributed by atoms with Gasteiger partial charge < -0.3 is 5.32 Å². The molecule has 0 amide bonds. The Morgan fingerprint density at radius 1 is 1.53 bits per heavy atom. The summed E-state index contributed by atoms with van der Waals surface area (Å²) < 4.78 is 13.2. The summed E-state index contributed by atoms with van der Waals surface area (Å²) in [5.41, 5.74) is 0.244. The lowest BCUT2D eigenvalue weighted by Gasteiger charge is -2.31. The van der Waals surface area contributed by atoms with E-state index in [1.165, 1.54) is 18.2 Å². The summed E-state index contributed by atoms with van der Waals surface area (Å²) in [6, 6.07) is 4.18. The van der Waals surface area contributed by atoms with Crippen molar-refractivity contribution in [1.29, 1.82) is 0 Å². The standard InChI is InChI=1S/C15H19ClFNO/c1-10(2)15(5-6-18-9-15)14(19)8-11-7-12(17)3-4-13(11)16/h3-4,7,10,18H,5-6,8-9H2,1-2H3. The molecule has 0 saturated carbocycles. The van der Waals surface area contributed by atoms with E-state index in [1.54, 1.807) is 0 Å². The number of hydrogen-bond acceptors (Lipinski definition) is 2. The first-order valence-corrected chi connectivity index (χ1v) is 7.01. The topological polar surface area (TPSA) is 29.1 Å². The van der Waals surface area contributed by atoms with Crippen molar-refractivity contribution in [3.63, 3.8) is 0 Å². The van der Waals surface area contributed by atoms with E-state index < -0.39 is 0 Å². The first-order valence-electron chi connectivity index (χ1n) is 6.63. The van der Waals surface area contributed by atoms with Gasteiger partial charge in [-0.25, -0.2) is 4.39 Å². The smallest absolute Gasteiger partial charge is 0.145 e. The molecular weight excluding hydrogens is 265 g/mol. The molecule has 0 radical (unpaired) electrons. The number of Topliss-reactive ketones (excluding diaryl/α,β-unsaturated/α-hetero) is 1. The highest BCUT2D eigenvalue weighted by Gasteiger charge is 2.43. The zero-order valence-electron chi connectivity index (χ0n) is 11.3. The molecule has 1 atom stereocenters. The number of hydrogen-bond donors (Lipinski definition) is 1. The lowest BCUT2D eigenvalue weighted by Crippen LogP contribution is -2.39. The molecule has 1 fully saturated rings. The minimum absolute atomic E-state index is 0.153. The molecule has 0 aromatic heterocycles. The van der Waals surface area contributed by atoms with Crippen LogP contribution in [0.2, 0.25) is 5.02 Å². The van der Waals surface area contributed by atoms with Gasteiger partial charge in [0.05, 0.1) is 0 Å². The molecule has 19 heavy (non-hydrogen) atoms. The lowest BCUT2D eigenvalue weighted by atomic mass is 9.71. The summed E-state index contributed by atoms with van der Waals surface area (Å²) in [4.78, 5) is 12.6. The molecule has 4 heteroatoms. The molecule has 0 aliphatic carbocycles. The first-order chi connectivity index (χ1) is 8.95. The summed E-state index contributed by atoms with van der Waals surface area (Å²) >= 11 is 6.04. The van der Waals surface area contributed by atoms with E-state index in [-0.39, 0.29) is 29.4 Å². The van der Waals surface area contributed by atoms with Gasteiger partial charge in [-0.1, -0.05) is 25.4 Å². The average molecular weight is 284 g/mol. The number of nitrogens with one attached hydrogen (secondary N) is 1. The number of carbonyl (C=O) groups is 1. The van der Waals surface area contributed by atoms with Gasteiger partial charge in [0.15, 0.2) is 0 Å². The summed E-state index contributed by atoms with van der Waals surface area (Å²) in [5.74, 6) is 0.0673. The van der Waals surface area contributed by atoms with Crippen molar-refractivity contribution in [2.45, 2.75) is 26.7 Å². The van der Waals surface area contributed by atoms with Crippen LogP contribution in [-0.2, 0) is 11.2 Å². The Labute approximate surface area is 118 Å². The maximum atomic E-state index is 13.2. The van der Waals surface area contributed by atoms with Crippen LogP contribution in [-0.4, -0.2) is 18.9 Å². The monoisotopic (exact) mass is 283 g/mol. The largest absolute Gasteiger partial charge is 0.316 e. The minimum atomic E-state index is -0.352. The molecule has 2 rings (SSSR count).